The molecule has 1 aliphatic carbocycles. The highest BCUT2D eigenvalue weighted by Gasteiger charge is 2.38. The molecule has 2 atom stereocenters. The molecule has 2 aliphatic rings. The Kier molecular flexibility index (Phi) is 8.54. The van der Waals surface area contributed by atoms with Crippen LogP contribution >= 0.6 is 23.2 Å². The molecule has 7 nitrogen and oxygen atoms in total. The van der Waals surface area contributed by atoms with Crippen molar-refractivity contribution in [2.45, 2.75) is 57.0 Å². The van der Waals surface area contributed by atoms with Crippen LogP contribution in [0.3, 0.4) is 0 Å². The first kappa shape index (κ1) is 26.5. The summed E-state index contributed by atoms with van der Waals surface area (Å²) in [4.78, 5) is 40.3. The van der Waals surface area contributed by atoms with Crippen LogP contribution in [0.25, 0.3) is 11.1 Å². The van der Waals surface area contributed by atoms with Crippen molar-refractivity contribution in [1.29, 1.82) is 0 Å². The molecule has 1 saturated heterocycles. The third-order valence-electron chi connectivity index (χ3n) is 7.23. The summed E-state index contributed by atoms with van der Waals surface area (Å²) < 4.78 is 0. The molecular formula is C27H30Cl2N2O5. The van der Waals surface area contributed by atoms with Gasteiger partial charge in [0.1, 0.15) is 0 Å². The molecule has 2 amide bonds. The predicted octanol–water partition coefficient (Wildman–Crippen LogP) is 4.56. The second-order valence-electron chi connectivity index (χ2n) is 9.50. The summed E-state index contributed by atoms with van der Waals surface area (Å²) in [6.45, 7) is -0.0963. The fourth-order valence-corrected chi connectivity index (χ4v) is 5.79. The Labute approximate surface area is 220 Å². The summed E-state index contributed by atoms with van der Waals surface area (Å²) in [6, 6.07) is 9.44. The molecule has 2 fully saturated rings. The number of carboxylic acids is 1. The van der Waals surface area contributed by atoms with Crippen molar-refractivity contribution in [3.8, 4) is 11.1 Å². The van der Waals surface area contributed by atoms with Crippen molar-refractivity contribution < 1.29 is 24.6 Å². The molecule has 1 heterocycles. The van der Waals surface area contributed by atoms with Gasteiger partial charge in [-0.05, 0) is 48.4 Å². The van der Waals surface area contributed by atoms with Gasteiger partial charge in [0.05, 0.1) is 22.2 Å². The lowest BCUT2D eigenvalue weighted by molar-refractivity contribution is -0.140. The Morgan fingerprint density at radius 3 is 2.42 bits per heavy atom. The number of carbonyl (C=O) groups is 3. The number of benzene rings is 2. The number of aliphatic hydroxyl groups excluding tert-OH is 1. The van der Waals surface area contributed by atoms with Crippen LogP contribution in [-0.2, 0) is 16.0 Å². The summed E-state index contributed by atoms with van der Waals surface area (Å²) in [6.07, 6.45) is 6.33. The number of carboxylic acid groups (broad SMARTS) is 1. The van der Waals surface area contributed by atoms with E-state index < -0.39 is 24.5 Å². The maximum Gasteiger partial charge on any atom is 0.328 e. The Morgan fingerprint density at radius 1 is 1.08 bits per heavy atom. The number of hydrogen-bond donors (Lipinski definition) is 3. The van der Waals surface area contributed by atoms with E-state index in [1.807, 2.05) is 35.2 Å². The minimum atomic E-state index is -1.49. The molecule has 0 bridgehead atoms. The summed E-state index contributed by atoms with van der Waals surface area (Å²) in [5.41, 5.74) is 1.75. The number of aliphatic carboxylic acids is 1. The highest BCUT2D eigenvalue weighted by molar-refractivity contribution is 6.43. The normalized spacial score (nSPS) is 19.4. The second-order valence-corrected chi connectivity index (χ2v) is 10.3. The Balaban J connectivity index is 1.73. The molecule has 0 unspecified atom stereocenters. The highest BCUT2D eigenvalue weighted by atomic mass is 35.5. The van der Waals surface area contributed by atoms with Crippen LogP contribution in [0.4, 0.5) is 0 Å². The molecule has 9 heteroatoms. The van der Waals surface area contributed by atoms with E-state index in [9.17, 15) is 24.6 Å². The number of nitrogens with one attached hydrogen (secondary N) is 1. The van der Waals surface area contributed by atoms with Gasteiger partial charge in [-0.1, -0.05) is 72.8 Å². The van der Waals surface area contributed by atoms with Crippen LogP contribution < -0.4 is 5.32 Å². The molecule has 0 spiro atoms. The number of nitrogens with zero attached hydrogens (tertiary/aromatic N) is 1. The fraction of sp³-hybridized carbons (Fsp3) is 0.444. The van der Waals surface area contributed by atoms with Crippen molar-refractivity contribution >= 4 is 41.0 Å². The smallest absolute Gasteiger partial charge is 0.328 e. The van der Waals surface area contributed by atoms with E-state index in [0.717, 1.165) is 25.7 Å². The van der Waals surface area contributed by atoms with Crippen molar-refractivity contribution in [3.05, 3.63) is 57.6 Å². The fourth-order valence-electron chi connectivity index (χ4n) is 5.35. The van der Waals surface area contributed by atoms with Crippen molar-refractivity contribution in [3.63, 3.8) is 0 Å². The van der Waals surface area contributed by atoms with Gasteiger partial charge in [0.15, 0.2) is 6.04 Å². The van der Waals surface area contributed by atoms with Crippen molar-refractivity contribution in [2.24, 2.45) is 5.92 Å². The standard InChI is InChI=1S/C27H30Cl2N2O5/c28-21-14-19(16-7-3-1-4-8-16)23(25(33)30-22(15-32)27(35)36)20(24(21)29)13-17-11-12-31(26(17)34)18-9-5-2-6-10-18/h1,3-4,7-8,14,17-18,22,32H,2,5-6,9-13,15H2,(H,30,33)(H,35,36)/t17-,22+/m1/s1. The lowest BCUT2D eigenvalue weighted by atomic mass is 9.88. The molecule has 0 radical (unpaired) electrons. The first-order chi connectivity index (χ1) is 17.3. The number of rotatable bonds is 8. The molecule has 1 aliphatic heterocycles. The van der Waals surface area contributed by atoms with E-state index in [4.69, 9.17) is 23.2 Å². The van der Waals surface area contributed by atoms with E-state index in [1.54, 1.807) is 6.07 Å². The molecule has 2 aromatic rings. The zero-order valence-electron chi connectivity index (χ0n) is 19.9. The van der Waals surface area contributed by atoms with Crippen LogP contribution in [0, 0.1) is 5.92 Å². The SMILES string of the molecule is O=C(N[C@@H](CO)C(=O)O)c1c(-c2ccccc2)cc(Cl)c(Cl)c1C[C@H]1CCN(C2CCCCC2)C1=O. The average Bonchev–Trinajstić information content (AvgIpc) is 3.25. The molecule has 4 rings (SSSR count). The van der Waals surface area contributed by atoms with E-state index in [-0.39, 0.29) is 39.9 Å². The first-order valence-corrected chi connectivity index (χ1v) is 13.1. The van der Waals surface area contributed by atoms with Crippen LogP contribution in [0.2, 0.25) is 10.0 Å². The van der Waals surface area contributed by atoms with Crippen LogP contribution in [-0.4, -0.2) is 58.1 Å². The highest BCUT2D eigenvalue weighted by Crippen LogP contribution is 2.40. The Morgan fingerprint density at radius 2 is 1.78 bits per heavy atom. The number of carbonyl (C=O) groups excluding carboxylic acids is 2. The van der Waals surface area contributed by atoms with E-state index >= 15 is 0 Å². The first-order valence-electron chi connectivity index (χ1n) is 12.3. The summed E-state index contributed by atoms with van der Waals surface area (Å²) in [5.74, 6) is -2.35. The zero-order valence-corrected chi connectivity index (χ0v) is 21.4. The van der Waals surface area contributed by atoms with E-state index in [0.29, 0.717) is 29.7 Å². The summed E-state index contributed by atoms with van der Waals surface area (Å²) in [7, 11) is 0. The summed E-state index contributed by atoms with van der Waals surface area (Å²) in [5, 5.41) is 21.6. The number of likely N-dealkylation sites (tertiary alicyclic amines) is 1. The van der Waals surface area contributed by atoms with Crippen LogP contribution in [0.5, 0.6) is 0 Å². The minimum absolute atomic E-state index is 0.0596. The summed E-state index contributed by atoms with van der Waals surface area (Å²) >= 11 is 13.2. The molecule has 192 valence electrons. The minimum Gasteiger partial charge on any atom is -0.480 e. The van der Waals surface area contributed by atoms with E-state index in [2.05, 4.69) is 5.32 Å². The largest absolute Gasteiger partial charge is 0.480 e. The third-order valence-corrected chi connectivity index (χ3v) is 8.06. The molecule has 0 aromatic heterocycles. The Bertz CT molecular complexity index is 1130. The van der Waals surface area contributed by atoms with Gasteiger partial charge in [-0.3, -0.25) is 9.59 Å². The maximum absolute atomic E-state index is 13.5. The van der Waals surface area contributed by atoms with Crippen LogP contribution in [0.15, 0.2) is 36.4 Å². The molecule has 3 N–H and O–H groups in total. The van der Waals surface area contributed by atoms with Gasteiger partial charge >= 0.3 is 5.97 Å². The number of amides is 2. The van der Waals surface area contributed by atoms with Gasteiger partial charge in [-0.15, -0.1) is 0 Å². The molecular weight excluding hydrogens is 503 g/mol. The van der Waals surface area contributed by atoms with Gasteiger partial charge in [0, 0.05) is 18.5 Å². The quantitative estimate of drug-likeness (QED) is 0.461. The molecule has 1 saturated carbocycles. The van der Waals surface area contributed by atoms with Gasteiger partial charge in [0.25, 0.3) is 5.91 Å². The van der Waals surface area contributed by atoms with Gasteiger partial charge < -0.3 is 20.4 Å². The van der Waals surface area contributed by atoms with Crippen molar-refractivity contribution in [2.75, 3.05) is 13.2 Å². The topological polar surface area (TPSA) is 107 Å². The average molecular weight is 533 g/mol. The van der Waals surface area contributed by atoms with E-state index in [1.165, 1.54) is 6.42 Å². The second kappa shape index (κ2) is 11.6. The number of halogens is 2. The van der Waals surface area contributed by atoms with Crippen molar-refractivity contribution in [1.82, 2.24) is 10.2 Å². The third kappa shape index (κ3) is 5.53. The lowest BCUT2D eigenvalue weighted by Crippen LogP contribution is -2.44. The lowest BCUT2D eigenvalue weighted by Gasteiger charge is -2.31. The monoisotopic (exact) mass is 532 g/mol. The molecule has 2 aromatic carbocycles. The van der Waals surface area contributed by atoms with Crippen LogP contribution in [0.1, 0.15) is 54.4 Å². The van der Waals surface area contributed by atoms with Gasteiger partial charge in [0.2, 0.25) is 5.91 Å². The van der Waals surface area contributed by atoms with Gasteiger partial charge in [-0.2, -0.15) is 0 Å². The Hall–Kier alpha value is -2.61. The maximum atomic E-state index is 13.5. The predicted molar refractivity (Wildman–Crippen MR) is 138 cm³/mol. The van der Waals surface area contributed by atoms with Gasteiger partial charge in [-0.25, -0.2) is 4.79 Å². The zero-order chi connectivity index (χ0) is 25.8. The molecule has 36 heavy (non-hydrogen) atoms. The number of hydrogen-bond acceptors (Lipinski definition) is 4. The number of aliphatic hydroxyl groups is 1.